The molecule has 3 heterocycles. The van der Waals surface area contributed by atoms with Gasteiger partial charge < -0.3 is 10.4 Å². The third-order valence-corrected chi connectivity index (χ3v) is 5.08. The lowest BCUT2D eigenvalue weighted by Gasteiger charge is -2.21. The van der Waals surface area contributed by atoms with Gasteiger partial charge in [0.2, 0.25) is 0 Å². The van der Waals surface area contributed by atoms with Crippen molar-refractivity contribution >= 4 is 29.9 Å². The lowest BCUT2D eigenvalue weighted by molar-refractivity contribution is 0.0945. The number of thiophene rings is 1. The Labute approximate surface area is 125 Å². The number of fused-ring (bicyclic) bond motifs is 1. The number of aromatic nitrogens is 2. The highest BCUT2D eigenvalue weighted by atomic mass is 32.1. The minimum absolute atomic E-state index is 0.0138. The van der Waals surface area contributed by atoms with Crippen LogP contribution in [-0.4, -0.2) is 34.4 Å². The lowest BCUT2D eigenvalue weighted by atomic mass is 9.98. The van der Waals surface area contributed by atoms with Crippen LogP contribution in [0.2, 0.25) is 0 Å². The largest absolute Gasteiger partial charge is 0.396 e. The number of carbonyl (C=O) groups is 1. The maximum atomic E-state index is 12.2. The van der Waals surface area contributed by atoms with Crippen molar-refractivity contribution < 1.29 is 9.90 Å². The van der Waals surface area contributed by atoms with Gasteiger partial charge in [-0.2, -0.15) is 17.7 Å². The van der Waals surface area contributed by atoms with Crippen LogP contribution in [0.3, 0.4) is 0 Å². The van der Waals surface area contributed by atoms with E-state index in [1.54, 1.807) is 17.5 Å². The van der Waals surface area contributed by atoms with E-state index in [-0.39, 0.29) is 17.8 Å². The Morgan fingerprint density at radius 2 is 2.40 bits per heavy atom. The van der Waals surface area contributed by atoms with E-state index in [2.05, 4.69) is 28.1 Å². The maximum Gasteiger partial charge on any atom is 0.252 e. The first-order chi connectivity index (χ1) is 9.72. The summed E-state index contributed by atoms with van der Waals surface area (Å²) in [6.07, 6.45) is 3.05. The highest BCUT2D eigenvalue weighted by molar-refractivity contribution is 7.80. The molecule has 0 radical (unpaired) electrons. The molecule has 106 valence electrons. The molecule has 3 rings (SSSR count). The molecule has 0 saturated carbocycles. The highest BCUT2D eigenvalue weighted by Crippen LogP contribution is 2.43. The first-order valence-corrected chi connectivity index (χ1v) is 7.78. The molecule has 1 atom stereocenters. The monoisotopic (exact) mass is 309 g/mol. The molecule has 0 fully saturated rings. The summed E-state index contributed by atoms with van der Waals surface area (Å²) in [7, 11) is 0. The normalized spacial score (nSPS) is 17.9. The Morgan fingerprint density at radius 3 is 3.10 bits per heavy atom. The smallest absolute Gasteiger partial charge is 0.252 e. The van der Waals surface area contributed by atoms with Gasteiger partial charge in [-0.15, -0.1) is 11.3 Å². The van der Waals surface area contributed by atoms with E-state index >= 15 is 0 Å². The highest BCUT2D eigenvalue weighted by Gasteiger charge is 2.31. The van der Waals surface area contributed by atoms with Gasteiger partial charge in [0.25, 0.3) is 5.91 Å². The second kappa shape index (κ2) is 5.59. The predicted octanol–water partition coefficient (Wildman–Crippen LogP) is 1.78. The third kappa shape index (κ3) is 2.25. The first-order valence-electron chi connectivity index (χ1n) is 6.44. The van der Waals surface area contributed by atoms with E-state index in [0.717, 1.165) is 26.6 Å². The van der Waals surface area contributed by atoms with Crippen molar-refractivity contribution in [3.63, 3.8) is 0 Å². The minimum atomic E-state index is -0.0414. The summed E-state index contributed by atoms with van der Waals surface area (Å²) < 4.78 is 0. The molecule has 0 aromatic carbocycles. The zero-order valence-electron chi connectivity index (χ0n) is 10.7. The molecular weight excluding hydrogens is 294 g/mol. The summed E-state index contributed by atoms with van der Waals surface area (Å²) in [5, 5.41) is 18.8. The van der Waals surface area contributed by atoms with Gasteiger partial charge in [0, 0.05) is 29.5 Å². The second-order valence-corrected chi connectivity index (χ2v) is 6.39. The molecule has 1 amide bonds. The molecule has 0 saturated heterocycles. The van der Waals surface area contributed by atoms with E-state index in [9.17, 15) is 4.79 Å². The number of nitrogens with one attached hydrogen (secondary N) is 2. The fourth-order valence-corrected chi connectivity index (χ4v) is 4.25. The zero-order valence-corrected chi connectivity index (χ0v) is 12.4. The standard InChI is InChI=1S/C13H15N3O2S2/c17-5-1-2-9-11-10(8(19)6-14-13(11)18)12(20-9)7-3-4-15-16-7/h3-4,8,17,19H,1-2,5-6H2,(H,14,18)(H,15,16). The van der Waals surface area contributed by atoms with Gasteiger partial charge in [-0.05, 0) is 24.5 Å². The number of hydrogen-bond acceptors (Lipinski definition) is 5. The van der Waals surface area contributed by atoms with E-state index in [1.165, 1.54) is 0 Å². The average Bonchev–Trinajstić information content (AvgIpc) is 3.07. The summed E-state index contributed by atoms with van der Waals surface area (Å²) in [6.45, 7) is 0.657. The number of aliphatic hydroxyl groups excluding tert-OH is 1. The van der Waals surface area contributed by atoms with Gasteiger partial charge in [-0.25, -0.2) is 0 Å². The van der Waals surface area contributed by atoms with Gasteiger partial charge >= 0.3 is 0 Å². The number of hydrogen-bond donors (Lipinski definition) is 4. The Balaban J connectivity index is 2.13. The SMILES string of the molecule is O=C1NCC(S)c2c(-c3ccn[nH]3)sc(CCCO)c21. The molecule has 0 spiro atoms. The van der Waals surface area contributed by atoms with E-state index in [0.29, 0.717) is 19.4 Å². The minimum Gasteiger partial charge on any atom is -0.396 e. The lowest BCUT2D eigenvalue weighted by Crippen LogP contribution is -2.33. The van der Waals surface area contributed by atoms with Crippen LogP contribution in [0.25, 0.3) is 10.6 Å². The van der Waals surface area contributed by atoms with Crippen LogP contribution in [0.5, 0.6) is 0 Å². The van der Waals surface area contributed by atoms with Crippen LogP contribution in [0, 0.1) is 0 Å². The van der Waals surface area contributed by atoms with E-state index < -0.39 is 0 Å². The van der Waals surface area contributed by atoms with Crippen molar-refractivity contribution in [3.05, 3.63) is 28.3 Å². The number of H-pyrrole nitrogens is 1. The summed E-state index contributed by atoms with van der Waals surface area (Å²) >= 11 is 6.18. The van der Waals surface area contributed by atoms with Crippen molar-refractivity contribution in [3.8, 4) is 10.6 Å². The number of carbonyl (C=O) groups excluding carboxylic acids is 1. The summed E-state index contributed by atoms with van der Waals surface area (Å²) in [4.78, 5) is 14.2. The van der Waals surface area contributed by atoms with Gasteiger partial charge in [-0.3, -0.25) is 9.89 Å². The number of aromatic amines is 1. The van der Waals surface area contributed by atoms with Crippen LogP contribution >= 0.6 is 24.0 Å². The number of amides is 1. The second-order valence-electron chi connectivity index (χ2n) is 4.67. The third-order valence-electron chi connectivity index (χ3n) is 3.34. The van der Waals surface area contributed by atoms with Crippen molar-refractivity contribution in [2.24, 2.45) is 0 Å². The molecule has 0 aliphatic carbocycles. The Morgan fingerprint density at radius 1 is 1.55 bits per heavy atom. The summed E-state index contributed by atoms with van der Waals surface area (Å²) in [5.74, 6) is -0.0414. The topological polar surface area (TPSA) is 78.0 Å². The maximum absolute atomic E-state index is 12.2. The van der Waals surface area contributed by atoms with Crippen LogP contribution in [-0.2, 0) is 6.42 Å². The van der Waals surface area contributed by atoms with Crippen LogP contribution in [0.1, 0.15) is 32.5 Å². The average molecular weight is 309 g/mol. The number of aliphatic hydroxyl groups is 1. The van der Waals surface area contributed by atoms with Crippen molar-refractivity contribution in [2.75, 3.05) is 13.2 Å². The molecule has 1 unspecified atom stereocenters. The predicted molar refractivity (Wildman–Crippen MR) is 81.4 cm³/mol. The fourth-order valence-electron chi connectivity index (χ4n) is 2.44. The molecule has 2 aromatic rings. The van der Waals surface area contributed by atoms with Crippen LogP contribution < -0.4 is 5.32 Å². The van der Waals surface area contributed by atoms with Crippen molar-refractivity contribution in [1.29, 1.82) is 0 Å². The summed E-state index contributed by atoms with van der Waals surface area (Å²) in [5.41, 5.74) is 2.63. The van der Waals surface area contributed by atoms with Gasteiger partial charge in [0.05, 0.1) is 16.1 Å². The van der Waals surface area contributed by atoms with Crippen molar-refractivity contribution in [1.82, 2.24) is 15.5 Å². The number of rotatable bonds is 4. The fraction of sp³-hybridized carbons (Fsp3) is 0.385. The van der Waals surface area contributed by atoms with Gasteiger partial charge in [0.15, 0.2) is 0 Å². The number of thiol groups is 1. The van der Waals surface area contributed by atoms with Gasteiger partial charge in [0.1, 0.15) is 0 Å². The molecule has 5 nitrogen and oxygen atoms in total. The Bertz CT molecular complexity index is 622. The van der Waals surface area contributed by atoms with E-state index in [1.807, 2.05) is 6.07 Å². The van der Waals surface area contributed by atoms with Gasteiger partial charge in [-0.1, -0.05) is 0 Å². The van der Waals surface area contributed by atoms with Crippen molar-refractivity contribution in [2.45, 2.75) is 18.1 Å². The molecule has 3 N–H and O–H groups in total. The summed E-state index contributed by atoms with van der Waals surface area (Å²) in [6, 6.07) is 1.90. The van der Waals surface area contributed by atoms with Crippen LogP contribution in [0.15, 0.2) is 12.3 Å². The van der Waals surface area contributed by atoms with E-state index in [4.69, 9.17) is 5.11 Å². The first kappa shape index (κ1) is 13.7. The Hall–Kier alpha value is -1.31. The molecule has 2 aromatic heterocycles. The molecule has 7 heteroatoms. The zero-order chi connectivity index (χ0) is 14.1. The Kier molecular flexibility index (Phi) is 3.82. The molecular formula is C13H15N3O2S2. The molecule has 20 heavy (non-hydrogen) atoms. The quantitative estimate of drug-likeness (QED) is 0.650. The molecule has 1 aliphatic rings. The number of nitrogens with zero attached hydrogens (tertiary/aromatic N) is 1. The van der Waals surface area contributed by atoms with Crippen LogP contribution in [0.4, 0.5) is 0 Å². The molecule has 1 aliphatic heterocycles. The number of aryl methyl sites for hydroxylation is 1. The molecule has 0 bridgehead atoms.